The van der Waals surface area contributed by atoms with E-state index in [1.807, 2.05) is 36.9 Å². The van der Waals surface area contributed by atoms with Crippen LogP contribution in [0.4, 0.5) is 10.5 Å². The zero-order valence-corrected chi connectivity index (χ0v) is 15.4. The van der Waals surface area contributed by atoms with Gasteiger partial charge in [-0.15, -0.1) is 11.3 Å². The topological polar surface area (TPSA) is 63.1 Å². The summed E-state index contributed by atoms with van der Waals surface area (Å²) >= 11 is 1.64. The summed E-state index contributed by atoms with van der Waals surface area (Å²) < 4.78 is 3.15. The second-order valence-electron chi connectivity index (χ2n) is 6.61. The Morgan fingerprint density at radius 3 is 2.88 bits per heavy atom. The first kappa shape index (κ1) is 16.1. The van der Waals surface area contributed by atoms with E-state index < -0.39 is 0 Å². The SMILES string of the molecule is Cc1cc(C)n([C@H]2CCN(C(=O)Nc3ccc4nc(C)sc4c3)C2)n1. The van der Waals surface area contributed by atoms with Crippen LogP contribution in [0.15, 0.2) is 24.3 Å². The average molecular weight is 355 g/mol. The number of aromatic nitrogens is 3. The van der Waals surface area contributed by atoms with Gasteiger partial charge in [0.15, 0.2) is 0 Å². The molecule has 1 aliphatic heterocycles. The minimum absolute atomic E-state index is 0.0513. The Labute approximate surface area is 150 Å². The van der Waals surface area contributed by atoms with Crippen LogP contribution in [0.2, 0.25) is 0 Å². The fourth-order valence-corrected chi connectivity index (χ4v) is 4.33. The molecule has 0 radical (unpaired) electrons. The van der Waals surface area contributed by atoms with E-state index in [1.54, 1.807) is 11.3 Å². The van der Waals surface area contributed by atoms with Crippen LogP contribution in [0.3, 0.4) is 0 Å². The van der Waals surface area contributed by atoms with Crippen LogP contribution in [-0.2, 0) is 0 Å². The largest absolute Gasteiger partial charge is 0.322 e. The Hall–Kier alpha value is -2.41. The molecule has 6 nitrogen and oxygen atoms in total. The quantitative estimate of drug-likeness (QED) is 0.758. The van der Waals surface area contributed by atoms with E-state index in [-0.39, 0.29) is 12.1 Å². The lowest BCUT2D eigenvalue weighted by atomic mass is 10.2. The maximum atomic E-state index is 12.6. The number of likely N-dealkylation sites (tertiary alicyclic amines) is 1. The fourth-order valence-electron chi connectivity index (χ4n) is 3.46. The lowest BCUT2D eigenvalue weighted by molar-refractivity contribution is 0.220. The van der Waals surface area contributed by atoms with Crippen LogP contribution in [-0.4, -0.2) is 38.8 Å². The van der Waals surface area contributed by atoms with E-state index in [0.29, 0.717) is 6.54 Å². The first-order valence-electron chi connectivity index (χ1n) is 8.45. The number of anilines is 1. The second-order valence-corrected chi connectivity index (χ2v) is 7.84. The van der Waals surface area contributed by atoms with Gasteiger partial charge in [0.05, 0.1) is 27.0 Å². The smallest absolute Gasteiger partial charge is 0.321 e. The van der Waals surface area contributed by atoms with Crippen molar-refractivity contribution in [3.63, 3.8) is 0 Å². The lowest BCUT2D eigenvalue weighted by Gasteiger charge is -2.18. The Morgan fingerprint density at radius 2 is 2.12 bits per heavy atom. The van der Waals surface area contributed by atoms with E-state index in [4.69, 9.17) is 0 Å². The van der Waals surface area contributed by atoms with Gasteiger partial charge in [0.1, 0.15) is 0 Å². The van der Waals surface area contributed by atoms with E-state index >= 15 is 0 Å². The van der Waals surface area contributed by atoms with Crippen LogP contribution in [0.1, 0.15) is 28.9 Å². The number of aryl methyl sites for hydroxylation is 3. The van der Waals surface area contributed by atoms with Gasteiger partial charge < -0.3 is 10.2 Å². The van der Waals surface area contributed by atoms with Crippen molar-refractivity contribution in [3.8, 4) is 0 Å². The summed E-state index contributed by atoms with van der Waals surface area (Å²) in [5.74, 6) is 0. The number of carbonyl (C=O) groups is 1. The van der Waals surface area contributed by atoms with Crippen molar-refractivity contribution in [2.24, 2.45) is 0 Å². The van der Waals surface area contributed by atoms with E-state index in [0.717, 1.165) is 45.3 Å². The number of urea groups is 1. The highest BCUT2D eigenvalue weighted by Crippen LogP contribution is 2.26. The van der Waals surface area contributed by atoms with Crippen LogP contribution >= 0.6 is 11.3 Å². The summed E-state index contributed by atoms with van der Waals surface area (Å²) in [7, 11) is 0. The number of benzene rings is 1. The van der Waals surface area contributed by atoms with Gasteiger partial charge in [-0.1, -0.05) is 0 Å². The molecule has 3 aromatic rings. The van der Waals surface area contributed by atoms with E-state index in [2.05, 4.69) is 33.1 Å². The first-order chi connectivity index (χ1) is 12.0. The fraction of sp³-hybridized carbons (Fsp3) is 0.389. The molecule has 1 aliphatic rings. The molecule has 0 saturated carbocycles. The Balaban J connectivity index is 1.45. The van der Waals surface area contributed by atoms with Crippen LogP contribution < -0.4 is 5.32 Å². The molecule has 1 fully saturated rings. The average Bonchev–Trinajstić information content (AvgIpc) is 3.24. The van der Waals surface area contributed by atoms with Crippen LogP contribution in [0.5, 0.6) is 0 Å². The molecule has 2 amide bonds. The zero-order chi connectivity index (χ0) is 17.6. The van der Waals surface area contributed by atoms with Gasteiger partial charge in [-0.2, -0.15) is 5.10 Å². The number of carbonyl (C=O) groups excluding carboxylic acids is 1. The minimum atomic E-state index is -0.0513. The first-order valence-corrected chi connectivity index (χ1v) is 9.27. The van der Waals surface area contributed by atoms with Gasteiger partial charge in [0.25, 0.3) is 0 Å². The molecule has 0 spiro atoms. The molecule has 0 bridgehead atoms. The molecule has 1 aromatic carbocycles. The standard InChI is InChI=1S/C18H21N5OS/c1-11-8-12(2)23(21-11)15-6-7-22(10-15)18(24)20-14-4-5-16-17(9-14)25-13(3)19-16/h4-5,8-9,15H,6-7,10H2,1-3H3,(H,20,24)/t15-/m0/s1. The molecule has 3 heterocycles. The van der Waals surface area contributed by atoms with Crippen molar-refractivity contribution in [2.45, 2.75) is 33.2 Å². The number of fused-ring (bicyclic) bond motifs is 1. The summed E-state index contributed by atoms with van der Waals surface area (Å²) in [5.41, 5.74) is 3.96. The Kier molecular flexibility index (Phi) is 3.95. The number of amides is 2. The number of nitrogens with zero attached hydrogens (tertiary/aromatic N) is 4. The highest BCUT2D eigenvalue weighted by atomic mass is 32.1. The molecule has 1 saturated heterocycles. The van der Waals surface area contributed by atoms with Crippen molar-refractivity contribution in [3.05, 3.63) is 40.7 Å². The predicted molar refractivity (Wildman–Crippen MR) is 100 cm³/mol. The number of thiazole rings is 1. The van der Waals surface area contributed by atoms with Crippen LogP contribution in [0.25, 0.3) is 10.2 Å². The van der Waals surface area contributed by atoms with Crippen molar-refractivity contribution in [1.29, 1.82) is 0 Å². The van der Waals surface area contributed by atoms with E-state index in [9.17, 15) is 4.79 Å². The molecule has 25 heavy (non-hydrogen) atoms. The zero-order valence-electron chi connectivity index (χ0n) is 14.6. The summed E-state index contributed by atoms with van der Waals surface area (Å²) in [5, 5.41) is 8.61. The Bertz CT molecular complexity index is 944. The molecule has 0 unspecified atom stereocenters. The molecule has 2 aromatic heterocycles. The molecule has 0 aliphatic carbocycles. The predicted octanol–water partition coefficient (Wildman–Crippen LogP) is 3.90. The number of hydrogen-bond donors (Lipinski definition) is 1. The molecule has 4 rings (SSSR count). The maximum absolute atomic E-state index is 12.6. The third-order valence-corrected chi connectivity index (χ3v) is 5.52. The normalized spacial score (nSPS) is 17.4. The van der Waals surface area contributed by atoms with Gasteiger partial charge in [-0.25, -0.2) is 9.78 Å². The van der Waals surface area contributed by atoms with Crippen molar-refractivity contribution < 1.29 is 4.79 Å². The second kappa shape index (κ2) is 6.15. The summed E-state index contributed by atoms with van der Waals surface area (Å²) in [4.78, 5) is 18.9. The molecule has 1 N–H and O–H groups in total. The third kappa shape index (κ3) is 3.11. The van der Waals surface area contributed by atoms with Gasteiger partial charge in [-0.05, 0) is 51.5 Å². The summed E-state index contributed by atoms with van der Waals surface area (Å²) in [6.07, 6.45) is 0.933. The van der Waals surface area contributed by atoms with Crippen molar-refractivity contribution >= 4 is 33.3 Å². The summed E-state index contributed by atoms with van der Waals surface area (Å²) in [6.45, 7) is 7.49. The van der Waals surface area contributed by atoms with E-state index in [1.165, 1.54) is 0 Å². The molecular formula is C18H21N5OS. The number of hydrogen-bond acceptors (Lipinski definition) is 4. The minimum Gasteiger partial charge on any atom is -0.322 e. The van der Waals surface area contributed by atoms with Crippen molar-refractivity contribution in [1.82, 2.24) is 19.7 Å². The van der Waals surface area contributed by atoms with Crippen LogP contribution in [0, 0.1) is 20.8 Å². The molecular weight excluding hydrogens is 334 g/mol. The van der Waals surface area contributed by atoms with Crippen molar-refractivity contribution in [2.75, 3.05) is 18.4 Å². The highest BCUT2D eigenvalue weighted by molar-refractivity contribution is 7.18. The Morgan fingerprint density at radius 1 is 1.28 bits per heavy atom. The molecule has 130 valence electrons. The van der Waals surface area contributed by atoms with Gasteiger partial charge in [0, 0.05) is 24.5 Å². The lowest BCUT2D eigenvalue weighted by Crippen LogP contribution is -2.33. The monoisotopic (exact) mass is 355 g/mol. The summed E-state index contributed by atoms with van der Waals surface area (Å²) in [6, 6.07) is 8.14. The third-order valence-electron chi connectivity index (χ3n) is 4.59. The highest BCUT2D eigenvalue weighted by Gasteiger charge is 2.28. The molecule has 7 heteroatoms. The van der Waals surface area contributed by atoms with Gasteiger partial charge >= 0.3 is 6.03 Å². The van der Waals surface area contributed by atoms with Gasteiger partial charge in [0.2, 0.25) is 0 Å². The molecule has 1 atom stereocenters. The van der Waals surface area contributed by atoms with Gasteiger partial charge in [-0.3, -0.25) is 4.68 Å². The number of rotatable bonds is 2. The maximum Gasteiger partial charge on any atom is 0.321 e. The number of nitrogens with one attached hydrogen (secondary N) is 1.